The molecule has 0 aliphatic rings. The predicted molar refractivity (Wildman–Crippen MR) is 42.2 cm³/mol. The van der Waals surface area contributed by atoms with Gasteiger partial charge in [-0.25, -0.2) is 0 Å². The Balaban J connectivity index is 3.37. The highest BCUT2D eigenvalue weighted by molar-refractivity contribution is 7.80. The van der Waals surface area contributed by atoms with Gasteiger partial charge < -0.3 is 5.32 Å². The van der Waals surface area contributed by atoms with Gasteiger partial charge in [0.05, 0.1) is 6.42 Å². The van der Waals surface area contributed by atoms with Crippen molar-refractivity contribution in [3.8, 4) is 0 Å². The first-order valence-corrected chi connectivity index (χ1v) is 4.03. The van der Waals surface area contributed by atoms with Gasteiger partial charge in [0.1, 0.15) is 0 Å². The summed E-state index contributed by atoms with van der Waals surface area (Å²) in [6, 6.07) is 0. The Morgan fingerprint density at radius 3 is 2.42 bits per heavy atom. The fraction of sp³-hybridized carbons (Fsp3) is 0.833. The van der Waals surface area contributed by atoms with Gasteiger partial charge in [0.15, 0.2) is 0 Å². The Morgan fingerprint density at radius 2 is 2.00 bits per heavy atom. The smallest absolute Gasteiger partial charge is 0.356 e. The maximum Gasteiger partial charge on any atom is 0.390 e. The minimum atomic E-state index is -4.20. The molecule has 0 fully saturated rings. The third-order valence-electron chi connectivity index (χ3n) is 1.07. The average Bonchev–Trinajstić information content (AvgIpc) is 1.84. The summed E-state index contributed by atoms with van der Waals surface area (Å²) in [5.74, 6) is -0.0491. The largest absolute Gasteiger partial charge is 0.390 e. The van der Waals surface area contributed by atoms with Crippen LogP contribution in [-0.2, 0) is 4.79 Å². The number of hydrogen-bond donors (Lipinski definition) is 2. The lowest BCUT2D eigenvalue weighted by Crippen LogP contribution is -2.27. The Hall–Kier alpha value is -0.390. The van der Waals surface area contributed by atoms with E-state index in [0.717, 1.165) is 0 Å². The maximum atomic E-state index is 11.5. The van der Waals surface area contributed by atoms with E-state index in [1.54, 1.807) is 0 Å². The van der Waals surface area contributed by atoms with E-state index in [-0.39, 0.29) is 13.0 Å². The first kappa shape index (κ1) is 11.6. The molecule has 0 atom stereocenters. The lowest BCUT2D eigenvalue weighted by Gasteiger charge is -2.06. The predicted octanol–water partition coefficient (Wildman–Crippen LogP) is 1.37. The number of rotatable bonds is 4. The van der Waals surface area contributed by atoms with Gasteiger partial charge >= 0.3 is 6.18 Å². The molecule has 2 nitrogen and oxygen atoms in total. The normalized spacial score (nSPS) is 11.3. The van der Waals surface area contributed by atoms with Crippen LogP contribution in [0.4, 0.5) is 13.2 Å². The van der Waals surface area contributed by atoms with E-state index in [9.17, 15) is 18.0 Å². The molecule has 0 aromatic rings. The molecule has 0 unspecified atom stereocenters. The van der Waals surface area contributed by atoms with Gasteiger partial charge in [0.25, 0.3) is 0 Å². The Kier molecular flexibility index (Phi) is 5.12. The van der Waals surface area contributed by atoms with Crippen LogP contribution in [-0.4, -0.2) is 24.4 Å². The summed E-state index contributed by atoms with van der Waals surface area (Å²) in [6.45, 7) is -0.351. The van der Waals surface area contributed by atoms with Crippen LogP contribution in [0, 0.1) is 0 Å². The fourth-order valence-electron chi connectivity index (χ4n) is 0.534. The lowest BCUT2D eigenvalue weighted by molar-refractivity contribution is -0.135. The van der Waals surface area contributed by atoms with Gasteiger partial charge in [-0.15, -0.1) is 0 Å². The molecule has 0 aromatic heterocycles. The zero-order chi connectivity index (χ0) is 9.61. The van der Waals surface area contributed by atoms with Gasteiger partial charge in [-0.3, -0.25) is 4.79 Å². The highest BCUT2D eigenvalue weighted by Crippen LogP contribution is 2.17. The SMILES string of the molecule is O=C(CCS)NCCC(F)(F)F. The van der Waals surface area contributed by atoms with Crippen LogP contribution in [0.25, 0.3) is 0 Å². The standard InChI is InChI=1S/C6H10F3NOS/c7-6(8,9)2-3-10-5(11)1-4-12/h12H,1-4H2,(H,10,11). The third-order valence-corrected chi connectivity index (χ3v) is 1.29. The summed E-state index contributed by atoms with van der Waals surface area (Å²) >= 11 is 3.76. The van der Waals surface area contributed by atoms with E-state index in [1.165, 1.54) is 0 Å². The lowest BCUT2D eigenvalue weighted by atomic mass is 10.4. The van der Waals surface area contributed by atoms with Crippen molar-refractivity contribution in [1.82, 2.24) is 5.32 Å². The molecule has 0 rings (SSSR count). The third kappa shape index (κ3) is 7.71. The summed E-state index contributed by atoms with van der Waals surface area (Å²) in [4.78, 5) is 10.6. The molecule has 0 saturated carbocycles. The second kappa shape index (κ2) is 5.29. The Bertz CT molecular complexity index is 148. The number of alkyl halides is 3. The monoisotopic (exact) mass is 201 g/mol. The number of hydrogen-bond acceptors (Lipinski definition) is 2. The summed E-state index contributed by atoms with van der Waals surface area (Å²) in [7, 11) is 0. The van der Waals surface area contributed by atoms with E-state index in [1.807, 2.05) is 0 Å². The number of carbonyl (C=O) groups excluding carboxylic acids is 1. The fourth-order valence-corrected chi connectivity index (χ4v) is 0.737. The molecular weight excluding hydrogens is 191 g/mol. The number of amides is 1. The summed E-state index contributed by atoms with van der Waals surface area (Å²) in [6.07, 6.45) is -5.03. The zero-order valence-corrected chi connectivity index (χ0v) is 7.21. The molecule has 0 saturated heterocycles. The second-order valence-corrected chi connectivity index (χ2v) is 2.64. The van der Waals surface area contributed by atoms with Crippen LogP contribution in [0.2, 0.25) is 0 Å². The van der Waals surface area contributed by atoms with Crippen molar-refractivity contribution in [3.63, 3.8) is 0 Å². The van der Waals surface area contributed by atoms with Crippen LogP contribution in [0.3, 0.4) is 0 Å². The molecule has 0 heterocycles. The Labute approximate surface area is 73.9 Å². The summed E-state index contributed by atoms with van der Waals surface area (Å²) < 4.78 is 34.6. The van der Waals surface area contributed by atoms with E-state index < -0.39 is 18.5 Å². The molecule has 0 aliphatic carbocycles. The molecule has 1 N–H and O–H groups in total. The summed E-state index contributed by atoms with van der Waals surface area (Å²) in [5.41, 5.74) is 0. The van der Waals surface area contributed by atoms with Gasteiger partial charge in [-0.05, 0) is 5.75 Å². The number of halogens is 3. The molecule has 0 aromatic carbocycles. The minimum absolute atomic E-state index is 0.154. The molecule has 0 spiro atoms. The van der Waals surface area contributed by atoms with Crippen LogP contribution in [0.5, 0.6) is 0 Å². The topological polar surface area (TPSA) is 29.1 Å². The van der Waals surface area contributed by atoms with Crippen molar-refractivity contribution >= 4 is 18.5 Å². The van der Waals surface area contributed by atoms with Crippen LogP contribution >= 0.6 is 12.6 Å². The highest BCUT2D eigenvalue weighted by Gasteiger charge is 2.26. The average molecular weight is 201 g/mol. The van der Waals surface area contributed by atoms with Gasteiger partial charge in [0, 0.05) is 13.0 Å². The maximum absolute atomic E-state index is 11.5. The quantitative estimate of drug-likeness (QED) is 0.661. The van der Waals surface area contributed by atoms with E-state index in [4.69, 9.17) is 0 Å². The highest BCUT2D eigenvalue weighted by atomic mass is 32.1. The molecule has 6 heteroatoms. The number of thiol groups is 1. The molecular formula is C6H10F3NOS. The van der Waals surface area contributed by atoms with Crippen LogP contribution in [0.15, 0.2) is 0 Å². The number of carbonyl (C=O) groups is 1. The van der Waals surface area contributed by atoms with E-state index in [2.05, 4.69) is 17.9 Å². The first-order chi connectivity index (χ1) is 5.45. The van der Waals surface area contributed by atoms with Crippen molar-refractivity contribution in [2.45, 2.75) is 19.0 Å². The number of nitrogens with one attached hydrogen (secondary N) is 1. The molecule has 0 radical (unpaired) electrons. The molecule has 1 amide bonds. The van der Waals surface area contributed by atoms with Crippen molar-refractivity contribution in [3.05, 3.63) is 0 Å². The molecule has 72 valence electrons. The Morgan fingerprint density at radius 1 is 1.42 bits per heavy atom. The van der Waals surface area contributed by atoms with Crippen molar-refractivity contribution in [2.75, 3.05) is 12.3 Å². The molecule has 0 aliphatic heterocycles. The first-order valence-electron chi connectivity index (χ1n) is 3.40. The second-order valence-electron chi connectivity index (χ2n) is 2.19. The van der Waals surface area contributed by atoms with Crippen molar-refractivity contribution < 1.29 is 18.0 Å². The van der Waals surface area contributed by atoms with E-state index in [0.29, 0.717) is 5.75 Å². The van der Waals surface area contributed by atoms with Gasteiger partial charge in [0.2, 0.25) is 5.91 Å². The minimum Gasteiger partial charge on any atom is -0.356 e. The van der Waals surface area contributed by atoms with Gasteiger partial charge in [-0.1, -0.05) is 0 Å². The van der Waals surface area contributed by atoms with Crippen LogP contribution in [0.1, 0.15) is 12.8 Å². The van der Waals surface area contributed by atoms with Crippen molar-refractivity contribution in [1.29, 1.82) is 0 Å². The van der Waals surface area contributed by atoms with Crippen molar-refractivity contribution in [2.24, 2.45) is 0 Å². The van der Waals surface area contributed by atoms with Gasteiger partial charge in [-0.2, -0.15) is 25.8 Å². The molecule has 0 bridgehead atoms. The zero-order valence-electron chi connectivity index (χ0n) is 6.32. The van der Waals surface area contributed by atoms with E-state index >= 15 is 0 Å². The molecule has 12 heavy (non-hydrogen) atoms. The van der Waals surface area contributed by atoms with Crippen LogP contribution < -0.4 is 5.32 Å². The summed E-state index contributed by atoms with van der Waals surface area (Å²) in [5, 5.41) is 2.13.